The van der Waals surface area contributed by atoms with Crippen LogP contribution in [0.25, 0.3) is 10.2 Å². The van der Waals surface area contributed by atoms with Crippen LogP contribution in [0.15, 0.2) is 45.6 Å². The molecule has 9 heteroatoms. The molecule has 26 heavy (non-hydrogen) atoms. The molecule has 0 saturated carbocycles. The first-order valence-electron chi connectivity index (χ1n) is 7.94. The number of aromatic nitrogens is 1. The maximum absolute atomic E-state index is 12.4. The lowest BCUT2D eigenvalue weighted by Gasteiger charge is -2.06. The molecular weight excluding hydrogens is 392 g/mol. The van der Waals surface area contributed by atoms with Gasteiger partial charge in [-0.05, 0) is 36.6 Å². The largest absolute Gasteiger partial charge is 0.380 e. The number of thiazole rings is 1. The number of nitrogens with zero attached hydrogens (tertiary/aromatic N) is 2. The fraction of sp³-hybridized carbons (Fsp3) is 0.294. The van der Waals surface area contributed by atoms with Gasteiger partial charge in [0.15, 0.2) is 14.6 Å². The number of hydrogen-bond donors (Lipinski definition) is 0. The summed E-state index contributed by atoms with van der Waals surface area (Å²) < 4.78 is 31.7. The number of amides is 1. The molecule has 0 aliphatic heterocycles. The Hall–Kier alpha value is -1.81. The Kier molecular flexibility index (Phi) is 5.71. The zero-order valence-electron chi connectivity index (χ0n) is 14.3. The lowest BCUT2D eigenvalue weighted by molar-refractivity contribution is 0.100. The average Bonchev–Trinajstić information content (AvgIpc) is 3.22. The van der Waals surface area contributed by atoms with E-state index in [1.807, 2.05) is 16.9 Å². The molecule has 0 aliphatic carbocycles. The molecule has 0 fully saturated rings. The molecular formula is C17H18N2O4S3. The molecule has 0 saturated heterocycles. The SMILES string of the molecule is CCOCCn1c(=NC(=O)c2cccs2)sc2cc(S(C)(=O)=O)ccc21. The van der Waals surface area contributed by atoms with Crippen LogP contribution in [-0.2, 0) is 21.1 Å². The zero-order chi connectivity index (χ0) is 18.7. The highest BCUT2D eigenvalue weighted by Crippen LogP contribution is 2.22. The van der Waals surface area contributed by atoms with E-state index in [0.29, 0.717) is 29.4 Å². The van der Waals surface area contributed by atoms with Gasteiger partial charge in [0.1, 0.15) is 0 Å². The van der Waals surface area contributed by atoms with Gasteiger partial charge in [-0.3, -0.25) is 4.79 Å². The van der Waals surface area contributed by atoms with Crippen LogP contribution in [0.3, 0.4) is 0 Å². The molecule has 0 aliphatic rings. The smallest absolute Gasteiger partial charge is 0.289 e. The predicted molar refractivity (Wildman–Crippen MR) is 104 cm³/mol. The van der Waals surface area contributed by atoms with E-state index in [9.17, 15) is 13.2 Å². The molecule has 3 rings (SSSR count). The fourth-order valence-electron chi connectivity index (χ4n) is 2.43. The Bertz CT molecular complexity index is 1090. The highest BCUT2D eigenvalue weighted by Gasteiger charge is 2.13. The maximum atomic E-state index is 12.4. The minimum Gasteiger partial charge on any atom is -0.380 e. The number of carbonyl (C=O) groups is 1. The van der Waals surface area contributed by atoms with Crippen molar-refractivity contribution in [2.24, 2.45) is 4.99 Å². The summed E-state index contributed by atoms with van der Waals surface area (Å²) in [5, 5.41) is 1.83. The van der Waals surface area contributed by atoms with Crippen molar-refractivity contribution in [2.45, 2.75) is 18.4 Å². The van der Waals surface area contributed by atoms with Crippen LogP contribution < -0.4 is 4.80 Å². The molecule has 0 bridgehead atoms. The van der Waals surface area contributed by atoms with Gasteiger partial charge < -0.3 is 9.30 Å². The first-order chi connectivity index (χ1) is 12.4. The van der Waals surface area contributed by atoms with Crippen molar-refractivity contribution in [3.8, 4) is 0 Å². The van der Waals surface area contributed by atoms with Crippen LogP contribution in [0.1, 0.15) is 16.6 Å². The summed E-state index contributed by atoms with van der Waals surface area (Å²) in [7, 11) is -3.30. The molecule has 2 aromatic heterocycles. The Morgan fingerprint density at radius 1 is 1.31 bits per heavy atom. The Morgan fingerprint density at radius 2 is 2.12 bits per heavy atom. The molecule has 0 N–H and O–H groups in total. The van der Waals surface area contributed by atoms with E-state index >= 15 is 0 Å². The summed E-state index contributed by atoms with van der Waals surface area (Å²) in [6, 6.07) is 8.49. The molecule has 6 nitrogen and oxygen atoms in total. The average molecular weight is 411 g/mol. The van der Waals surface area contributed by atoms with Crippen LogP contribution in [0.4, 0.5) is 0 Å². The summed E-state index contributed by atoms with van der Waals surface area (Å²) in [6.07, 6.45) is 1.18. The monoisotopic (exact) mass is 410 g/mol. The van der Waals surface area contributed by atoms with E-state index in [-0.39, 0.29) is 10.8 Å². The van der Waals surface area contributed by atoms with Gasteiger partial charge in [0.05, 0.1) is 26.6 Å². The van der Waals surface area contributed by atoms with Crippen molar-refractivity contribution in [1.82, 2.24) is 4.57 Å². The summed E-state index contributed by atoms with van der Waals surface area (Å²) in [5.74, 6) is -0.306. The van der Waals surface area contributed by atoms with Gasteiger partial charge in [0.2, 0.25) is 0 Å². The van der Waals surface area contributed by atoms with Gasteiger partial charge in [0.25, 0.3) is 5.91 Å². The molecule has 0 unspecified atom stereocenters. The molecule has 0 atom stereocenters. The van der Waals surface area contributed by atoms with Crippen molar-refractivity contribution in [3.63, 3.8) is 0 Å². The van der Waals surface area contributed by atoms with Crippen molar-refractivity contribution >= 4 is 48.6 Å². The van der Waals surface area contributed by atoms with Gasteiger partial charge in [-0.2, -0.15) is 4.99 Å². The molecule has 0 spiro atoms. The molecule has 1 amide bonds. The van der Waals surface area contributed by atoms with Crippen LogP contribution in [0.5, 0.6) is 0 Å². The van der Waals surface area contributed by atoms with Gasteiger partial charge >= 0.3 is 0 Å². The normalized spacial score (nSPS) is 12.8. The number of rotatable bonds is 6. The van der Waals surface area contributed by atoms with E-state index in [1.54, 1.807) is 30.3 Å². The lowest BCUT2D eigenvalue weighted by Crippen LogP contribution is -2.19. The summed E-state index contributed by atoms with van der Waals surface area (Å²) in [5.41, 5.74) is 0.833. The van der Waals surface area contributed by atoms with Crippen LogP contribution in [0, 0.1) is 0 Å². The van der Waals surface area contributed by atoms with Gasteiger partial charge in [0, 0.05) is 19.4 Å². The number of hydrogen-bond acceptors (Lipinski definition) is 6. The quantitative estimate of drug-likeness (QED) is 0.586. The molecule has 3 aromatic rings. The number of fused-ring (bicyclic) bond motifs is 1. The van der Waals surface area contributed by atoms with E-state index in [2.05, 4.69) is 4.99 Å². The second-order valence-electron chi connectivity index (χ2n) is 5.53. The second-order valence-corrected chi connectivity index (χ2v) is 9.50. The van der Waals surface area contributed by atoms with E-state index in [4.69, 9.17) is 4.74 Å². The van der Waals surface area contributed by atoms with Crippen molar-refractivity contribution in [1.29, 1.82) is 0 Å². The Morgan fingerprint density at radius 3 is 2.77 bits per heavy atom. The molecule has 0 radical (unpaired) electrons. The van der Waals surface area contributed by atoms with Gasteiger partial charge in [-0.1, -0.05) is 17.4 Å². The van der Waals surface area contributed by atoms with Crippen molar-refractivity contribution in [2.75, 3.05) is 19.5 Å². The van der Waals surface area contributed by atoms with Crippen LogP contribution in [0.2, 0.25) is 0 Å². The topological polar surface area (TPSA) is 77.7 Å². The highest BCUT2D eigenvalue weighted by atomic mass is 32.2. The minimum absolute atomic E-state index is 0.249. The summed E-state index contributed by atoms with van der Waals surface area (Å²) >= 11 is 2.64. The number of carbonyl (C=O) groups excluding carboxylic acids is 1. The predicted octanol–water partition coefficient (Wildman–Crippen LogP) is 2.95. The molecule has 2 heterocycles. The van der Waals surface area contributed by atoms with E-state index in [0.717, 1.165) is 10.2 Å². The van der Waals surface area contributed by atoms with Crippen LogP contribution >= 0.6 is 22.7 Å². The molecule has 1 aromatic carbocycles. The van der Waals surface area contributed by atoms with Crippen molar-refractivity contribution in [3.05, 3.63) is 45.4 Å². The third-order valence-electron chi connectivity index (χ3n) is 3.67. The Labute approximate surface area is 159 Å². The lowest BCUT2D eigenvalue weighted by atomic mass is 10.3. The van der Waals surface area contributed by atoms with Crippen LogP contribution in [-0.4, -0.2) is 38.4 Å². The Balaban J connectivity index is 2.13. The van der Waals surface area contributed by atoms with E-state index < -0.39 is 9.84 Å². The second kappa shape index (κ2) is 7.83. The molecule has 138 valence electrons. The van der Waals surface area contributed by atoms with Gasteiger partial charge in [-0.15, -0.1) is 11.3 Å². The van der Waals surface area contributed by atoms with Gasteiger partial charge in [-0.25, -0.2) is 8.42 Å². The number of benzene rings is 1. The number of thiophene rings is 1. The first kappa shape index (κ1) is 19.0. The number of ether oxygens (including phenoxy) is 1. The summed E-state index contributed by atoms with van der Waals surface area (Å²) in [4.78, 5) is 18.0. The zero-order valence-corrected chi connectivity index (χ0v) is 16.8. The third-order valence-corrected chi connectivity index (χ3v) is 6.68. The highest BCUT2D eigenvalue weighted by molar-refractivity contribution is 7.90. The first-order valence-corrected chi connectivity index (χ1v) is 11.5. The maximum Gasteiger partial charge on any atom is 0.289 e. The fourth-order valence-corrected chi connectivity index (χ4v) is 4.85. The third kappa shape index (κ3) is 4.12. The standard InChI is InChI=1S/C17H18N2O4S3/c1-3-23-9-8-19-13-7-6-12(26(2,21)22)11-15(13)25-17(19)18-16(20)14-5-4-10-24-14/h4-7,10-11H,3,8-9H2,1-2H3. The summed E-state index contributed by atoms with van der Waals surface area (Å²) in [6.45, 7) is 3.53. The van der Waals surface area contributed by atoms with Crippen molar-refractivity contribution < 1.29 is 17.9 Å². The van der Waals surface area contributed by atoms with E-state index in [1.165, 1.54) is 28.9 Å². The minimum atomic E-state index is -3.30. The number of sulfone groups is 1.